The lowest BCUT2D eigenvalue weighted by atomic mass is 9.89. The van der Waals surface area contributed by atoms with Crippen LogP contribution in [0.5, 0.6) is 0 Å². The standard InChI is InChI=1S/C17H27N3O.ClH/c1-3-20(4-2)17(21)13-19-11-15(10-18)16(12-19)14-8-6-5-7-9-14;/h5-9,15-16H,3-4,10-13,18H2,1-2H3;1H/t15-,16+;/m1./s1. The topological polar surface area (TPSA) is 49.6 Å². The lowest BCUT2D eigenvalue weighted by Crippen LogP contribution is -2.39. The van der Waals surface area contributed by atoms with E-state index in [9.17, 15) is 4.79 Å². The third-order valence-corrected chi connectivity index (χ3v) is 4.52. The number of hydrogen-bond acceptors (Lipinski definition) is 3. The third-order valence-electron chi connectivity index (χ3n) is 4.52. The first-order chi connectivity index (χ1) is 10.2. The number of likely N-dealkylation sites (N-methyl/N-ethyl adjacent to an activating group) is 1. The van der Waals surface area contributed by atoms with Crippen molar-refractivity contribution in [2.45, 2.75) is 19.8 Å². The Bertz CT molecular complexity index is 450. The van der Waals surface area contributed by atoms with Gasteiger partial charge in [-0.25, -0.2) is 0 Å². The highest BCUT2D eigenvalue weighted by Crippen LogP contribution is 2.31. The van der Waals surface area contributed by atoms with Crippen molar-refractivity contribution in [1.82, 2.24) is 9.80 Å². The smallest absolute Gasteiger partial charge is 0.236 e. The number of benzene rings is 1. The van der Waals surface area contributed by atoms with Crippen LogP contribution in [-0.4, -0.2) is 55.0 Å². The Morgan fingerprint density at radius 2 is 1.86 bits per heavy atom. The lowest BCUT2D eigenvalue weighted by molar-refractivity contribution is -0.131. The number of rotatable bonds is 6. The molecule has 0 aromatic heterocycles. The van der Waals surface area contributed by atoms with Gasteiger partial charge in [0.15, 0.2) is 0 Å². The Balaban J connectivity index is 0.00000242. The van der Waals surface area contributed by atoms with Crippen LogP contribution in [0.15, 0.2) is 30.3 Å². The van der Waals surface area contributed by atoms with E-state index in [-0.39, 0.29) is 18.3 Å². The zero-order valence-electron chi connectivity index (χ0n) is 13.6. The van der Waals surface area contributed by atoms with E-state index in [0.29, 0.717) is 24.9 Å². The summed E-state index contributed by atoms with van der Waals surface area (Å²) < 4.78 is 0. The predicted octanol–water partition coefficient (Wildman–Crippen LogP) is 1.95. The Morgan fingerprint density at radius 3 is 2.41 bits per heavy atom. The minimum atomic E-state index is 0. The fourth-order valence-electron chi connectivity index (χ4n) is 3.27. The van der Waals surface area contributed by atoms with Crippen LogP contribution in [0, 0.1) is 5.92 Å². The molecular formula is C17H28ClN3O. The molecule has 1 aromatic rings. The zero-order valence-corrected chi connectivity index (χ0v) is 14.4. The van der Waals surface area contributed by atoms with Gasteiger partial charge in [0, 0.05) is 32.1 Å². The molecule has 0 unspecified atom stereocenters. The van der Waals surface area contributed by atoms with Gasteiger partial charge in [0.2, 0.25) is 5.91 Å². The van der Waals surface area contributed by atoms with Crippen LogP contribution < -0.4 is 5.73 Å². The number of amides is 1. The molecule has 5 heteroatoms. The van der Waals surface area contributed by atoms with Crippen molar-refractivity contribution in [2.75, 3.05) is 39.3 Å². The summed E-state index contributed by atoms with van der Waals surface area (Å²) in [7, 11) is 0. The Morgan fingerprint density at radius 1 is 1.23 bits per heavy atom. The fourth-order valence-corrected chi connectivity index (χ4v) is 3.27. The van der Waals surface area contributed by atoms with E-state index in [2.05, 4.69) is 29.2 Å². The maximum absolute atomic E-state index is 12.3. The molecule has 2 atom stereocenters. The van der Waals surface area contributed by atoms with Crippen molar-refractivity contribution < 1.29 is 4.79 Å². The normalized spacial score (nSPS) is 21.4. The predicted molar refractivity (Wildman–Crippen MR) is 93.3 cm³/mol. The zero-order chi connectivity index (χ0) is 15.2. The second kappa shape index (κ2) is 9.13. The summed E-state index contributed by atoms with van der Waals surface area (Å²) in [6, 6.07) is 10.5. The van der Waals surface area contributed by atoms with E-state index < -0.39 is 0 Å². The Hall–Kier alpha value is -1.10. The summed E-state index contributed by atoms with van der Waals surface area (Å²) in [6.07, 6.45) is 0. The van der Waals surface area contributed by atoms with Crippen LogP contribution in [0.2, 0.25) is 0 Å². The molecule has 4 nitrogen and oxygen atoms in total. The number of nitrogens with two attached hydrogens (primary N) is 1. The maximum atomic E-state index is 12.3. The first kappa shape index (κ1) is 18.9. The van der Waals surface area contributed by atoms with E-state index >= 15 is 0 Å². The first-order valence-corrected chi connectivity index (χ1v) is 7.94. The lowest BCUT2D eigenvalue weighted by Gasteiger charge is -2.22. The molecular weight excluding hydrogens is 298 g/mol. The van der Waals surface area contributed by atoms with Crippen molar-refractivity contribution >= 4 is 18.3 Å². The van der Waals surface area contributed by atoms with Crippen molar-refractivity contribution in [2.24, 2.45) is 11.7 Å². The molecule has 0 saturated carbocycles. The highest BCUT2D eigenvalue weighted by molar-refractivity contribution is 5.85. The molecule has 2 N–H and O–H groups in total. The van der Waals surface area contributed by atoms with Crippen LogP contribution in [0.1, 0.15) is 25.3 Å². The molecule has 0 spiro atoms. The van der Waals surface area contributed by atoms with E-state index in [1.54, 1.807) is 0 Å². The number of carbonyl (C=O) groups excluding carboxylic acids is 1. The summed E-state index contributed by atoms with van der Waals surface area (Å²) >= 11 is 0. The minimum Gasteiger partial charge on any atom is -0.342 e. The second-order valence-corrected chi connectivity index (χ2v) is 5.77. The van der Waals surface area contributed by atoms with Crippen molar-refractivity contribution in [1.29, 1.82) is 0 Å². The molecule has 0 aliphatic carbocycles. The molecule has 0 bridgehead atoms. The Labute approximate surface area is 140 Å². The first-order valence-electron chi connectivity index (χ1n) is 7.94. The van der Waals surface area contributed by atoms with E-state index in [1.165, 1.54) is 5.56 Å². The van der Waals surface area contributed by atoms with Crippen LogP contribution >= 0.6 is 12.4 Å². The number of hydrogen-bond donors (Lipinski definition) is 1. The summed E-state index contributed by atoms with van der Waals surface area (Å²) in [5.41, 5.74) is 7.28. The average molecular weight is 326 g/mol. The Kier molecular flexibility index (Phi) is 7.87. The van der Waals surface area contributed by atoms with E-state index in [1.807, 2.05) is 24.8 Å². The van der Waals surface area contributed by atoms with E-state index in [0.717, 1.165) is 26.2 Å². The maximum Gasteiger partial charge on any atom is 0.236 e. The molecule has 2 rings (SSSR count). The van der Waals surface area contributed by atoms with Crippen molar-refractivity contribution in [3.05, 3.63) is 35.9 Å². The van der Waals surface area contributed by atoms with Gasteiger partial charge in [-0.15, -0.1) is 12.4 Å². The van der Waals surface area contributed by atoms with Gasteiger partial charge in [0.1, 0.15) is 0 Å². The molecule has 1 aliphatic heterocycles. The van der Waals surface area contributed by atoms with Crippen molar-refractivity contribution in [3.63, 3.8) is 0 Å². The molecule has 1 aliphatic rings. The SMILES string of the molecule is CCN(CC)C(=O)CN1C[C@@H](CN)[C@H](c2ccccc2)C1.Cl. The van der Waals surface area contributed by atoms with Crippen molar-refractivity contribution in [3.8, 4) is 0 Å². The van der Waals surface area contributed by atoms with Gasteiger partial charge >= 0.3 is 0 Å². The number of halogens is 1. The number of nitrogens with zero attached hydrogens (tertiary/aromatic N) is 2. The number of likely N-dealkylation sites (tertiary alicyclic amines) is 1. The monoisotopic (exact) mass is 325 g/mol. The summed E-state index contributed by atoms with van der Waals surface area (Å²) in [5.74, 6) is 1.11. The minimum absolute atomic E-state index is 0. The molecule has 22 heavy (non-hydrogen) atoms. The molecule has 0 radical (unpaired) electrons. The third kappa shape index (κ3) is 4.45. The van der Waals surface area contributed by atoms with Gasteiger partial charge < -0.3 is 10.6 Å². The molecule has 1 saturated heterocycles. The average Bonchev–Trinajstić information content (AvgIpc) is 2.92. The van der Waals surface area contributed by atoms with Crippen LogP contribution in [0.25, 0.3) is 0 Å². The summed E-state index contributed by atoms with van der Waals surface area (Å²) in [4.78, 5) is 16.4. The summed E-state index contributed by atoms with van der Waals surface area (Å²) in [6.45, 7) is 8.66. The summed E-state index contributed by atoms with van der Waals surface area (Å²) in [5, 5.41) is 0. The van der Waals surface area contributed by atoms with Crippen LogP contribution in [0.3, 0.4) is 0 Å². The van der Waals surface area contributed by atoms with Gasteiger partial charge in [-0.1, -0.05) is 30.3 Å². The second-order valence-electron chi connectivity index (χ2n) is 5.77. The van der Waals surface area contributed by atoms with Crippen LogP contribution in [0.4, 0.5) is 0 Å². The van der Waals surface area contributed by atoms with Gasteiger partial charge in [0.05, 0.1) is 6.54 Å². The number of carbonyl (C=O) groups is 1. The van der Waals surface area contributed by atoms with Gasteiger partial charge in [-0.3, -0.25) is 9.69 Å². The van der Waals surface area contributed by atoms with Gasteiger partial charge in [0.25, 0.3) is 0 Å². The highest BCUT2D eigenvalue weighted by atomic mass is 35.5. The molecule has 124 valence electrons. The quantitative estimate of drug-likeness (QED) is 0.869. The molecule has 1 fully saturated rings. The fraction of sp³-hybridized carbons (Fsp3) is 0.588. The van der Waals surface area contributed by atoms with Gasteiger partial charge in [-0.2, -0.15) is 0 Å². The van der Waals surface area contributed by atoms with E-state index in [4.69, 9.17) is 5.73 Å². The van der Waals surface area contributed by atoms with Gasteiger partial charge in [-0.05, 0) is 31.9 Å². The van der Waals surface area contributed by atoms with Crippen LogP contribution in [-0.2, 0) is 4.79 Å². The molecule has 1 aromatic carbocycles. The molecule has 1 amide bonds. The largest absolute Gasteiger partial charge is 0.342 e. The highest BCUT2D eigenvalue weighted by Gasteiger charge is 2.33. The molecule has 1 heterocycles.